The van der Waals surface area contributed by atoms with Crippen LogP contribution in [0, 0.1) is 0 Å². The number of hydrogen-bond acceptors (Lipinski definition) is 3. The Kier molecular flexibility index (Phi) is 8.57. The smallest absolute Gasteiger partial charge is 0.251 e. The Labute approximate surface area is 119 Å². The maximum Gasteiger partial charge on any atom is 0.251 e. The average Bonchev–Trinajstić information content (AvgIpc) is 2.34. The summed E-state index contributed by atoms with van der Waals surface area (Å²) in [6.07, 6.45) is 0.895. The van der Waals surface area contributed by atoms with Gasteiger partial charge in [-0.1, -0.05) is 0 Å². The number of carbonyl (C=O) groups excluding carboxylic acids is 2. The van der Waals surface area contributed by atoms with E-state index < -0.39 is 0 Å². The summed E-state index contributed by atoms with van der Waals surface area (Å²) >= 11 is 0. The Morgan fingerprint density at radius 3 is 2.26 bits per heavy atom. The van der Waals surface area contributed by atoms with Gasteiger partial charge in [-0.3, -0.25) is 9.59 Å². The quantitative estimate of drug-likeness (QED) is 0.692. The fraction of sp³-hybridized carbons (Fsp3) is 0.385. The van der Waals surface area contributed by atoms with Crippen molar-refractivity contribution in [1.82, 2.24) is 10.6 Å². The van der Waals surface area contributed by atoms with Crippen LogP contribution in [0.4, 0.5) is 5.69 Å². The summed E-state index contributed by atoms with van der Waals surface area (Å²) in [6, 6.07) is 6.81. The molecule has 1 aromatic rings. The fourth-order valence-electron chi connectivity index (χ4n) is 1.48. The van der Waals surface area contributed by atoms with Gasteiger partial charge in [-0.25, -0.2) is 0 Å². The zero-order valence-corrected chi connectivity index (χ0v) is 12.0. The normalized spacial score (nSPS) is 9.37. The lowest BCUT2D eigenvalue weighted by atomic mass is 10.2. The number of anilines is 1. The zero-order valence-electron chi connectivity index (χ0n) is 11.2. The highest BCUT2D eigenvalue weighted by Crippen LogP contribution is 2.09. The van der Waals surface area contributed by atoms with Crippen molar-refractivity contribution >= 4 is 29.9 Å². The first kappa shape index (κ1) is 17.4. The monoisotopic (exact) mass is 285 g/mol. The molecule has 0 radical (unpaired) electrons. The van der Waals surface area contributed by atoms with E-state index in [-0.39, 0.29) is 24.2 Å². The molecule has 0 aliphatic carbocycles. The van der Waals surface area contributed by atoms with Crippen LogP contribution in [-0.2, 0) is 4.79 Å². The molecule has 6 heteroatoms. The minimum absolute atomic E-state index is 0. The second kappa shape index (κ2) is 9.35. The van der Waals surface area contributed by atoms with Crippen molar-refractivity contribution in [2.75, 3.05) is 25.5 Å². The molecule has 0 heterocycles. The molecule has 0 saturated carbocycles. The van der Waals surface area contributed by atoms with Gasteiger partial charge in [0.2, 0.25) is 5.91 Å². The van der Waals surface area contributed by atoms with Crippen molar-refractivity contribution in [1.29, 1.82) is 0 Å². The molecule has 0 saturated heterocycles. The molecule has 0 unspecified atom stereocenters. The van der Waals surface area contributed by atoms with E-state index >= 15 is 0 Å². The summed E-state index contributed by atoms with van der Waals surface area (Å²) in [5.74, 6) is -0.222. The maximum atomic E-state index is 11.7. The lowest BCUT2D eigenvalue weighted by molar-refractivity contribution is -0.114. The highest BCUT2D eigenvalue weighted by atomic mass is 35.5. The van der Waals surface area contributed by atoms with Crippen LogP contribution >= 0.6 is 12.4 Å². The third-order valence-corrected chi connectivity index (χ3v) is 2.36. The predicted molar refractivity (Wildman–Crippen MR) is 78.9 cm³/mol. The van der Waals surface area contributed by atoms with Gasteiger partial charge < -0.3 is 16.0 Å². The molecule has 3 N–H and O–H groups in total. The van der Waals surface area contributed by atoms with Crippen LogP contribution in [0.3, 0.4) is 0 Å². The van der Waals surface area contributed by atoms with E-state index in [9.17, 15) is 9.59 Å². The molecule has 106 valence electrons. The van der Waals surface area contributed by atoms with Crippen molar-refractivity contribution in [3.8, 4) is 0 Å². The Balaban J connectivity index is 0.00000324. The van der Waals surface area contributed by atoms with Crippen LogP contribution < -0.4 is 16.0 Å². The van der Waals surface area contributed by atoms with Crippen LogP contribution in [0.25, 0.3) is 0 Å². The Bertz CT molecular complexity index is 407. The van der Waals surface area contributed by atoms with E-state index in [1.807, 2.05) is 7.05 Å². The van der Waals surface area contributed by atoms with Gasteiger partial charge in [-0.2, -0.15) is 0 Å². The van der Waals surface area contributed by atoms with Gasteiger partial charge in [0.1, 0.15) is 0 Å². The molecular formula is C13H20ClN3O2. The molecule has 2 amide bonds. The van der Waals surface area contributed by atoms with Crippen molar-refractivity contribution in [2.45, 2.75) is 13.3 Å². The third-order valence-electron chi connectivity index (χ3n) is 2.36. The lowest BCUT2D eigenvalue weighted by Gasteiger charge is -2.06. The summed E-state index contributed by atoms with van der Waals surface area (Å²) < 4.78 is 0. The van der Waals surface area contributed by atoms with Crippen LogP contribution in [0.5, 0.6) is 0 Å². The topological polar surface area (TPSA) is 70.2 Å². The first-order valence-corrected chi connectivity index (χ1v) is 5.94. The Hall–Kier alpha value is -1.59. The molecule has 0 fully saturated rings. The van der Waals surface area contributed by atoms with Crippen molar-refractivity contribution in [2.24, 2.45) is 0 Å². The minimum Gasteiger partial charge on any atom is -0.352 e. The number of nitrogens with one attached hydrogen (secondary N) is 3. The summed E-state index contributed by atoms with van der Waals surface area (Å²) in [7, 11) is 1.88. The lowest BCUT2D eigenvalue weighted by Crippen LogP contribution is -2.26. The van der Waals surface area contributed by atoms with Gasteiger partial charge in [-0.05, 0) is 44.3 Å². The molecule has 0 aromatic heterocycles. The second-order valence-corrected chi connectivity index (χ2v) is 3.97. The van der Waals surface area contributed by atoms with Crippen LogP contribution in [0.1, 0.15) is 23.7 Å². The maximum absolute atomic E-state index is 11.7. The number of halogens is 1. The summed E-state index contributed by atoms with van der Waals surface area (Å²) in [5.41, 5.74) is 1.28. The molecule has 1 rings (SSSR count). The highest BCUT2D eigenvalue weighted by Gasteiger charge is 2.04. The molecule has 0 atom stereocenters. The standard InChI is InChI=1S/C13H19N3O2.ClH/c1-10(17)16-12-6-4-11(5-7-12)13(18)15-9-3-8-14-2;/h4-7,14H,3,8-9H2,1-2H3,(H,15,18)(H,16,17);1H. The molecule has 5 nitrogen and oxygen atoms in total. The number of amides is 2. The fourth-order valence-corrected chi connectivity index (χ4v) is 1.48. The summed E-state index contributed by atoms with van der Waals surface area (Å²) in [6.45, 7) is 2.97. The SMILES string of the molecule is CNCCCNC(=O)c1ccc(NC(C)=O)cc1.Cl. The van der Waals surface area contributed by atoms with Crippen LogP contribution in [0.15, 0.2) is 24.3 Å². The van der Waals surface area contributed by atoms with Crippen molar-refractivity contribution in [3.63, 3.8) is 0 Å². The van der Waals surface area contributed by atoms with Crippen molar-refractivity contribution in [3.05, 3.63) is 29.8 Å². The zero-order chi connectivity index (χ0) is 13.4. The number of carbonyl (C=O) groups is 2. The van der Waals surface area contributed by atoms with Gasteiger partial charge in [0, 0.05) is 24.7 Å². The average molecular weight is 286 g/mol. The molecule has 0 bridgehead atoms. The van der Waals surface area contributed by atoms with Gasteiger partial charge >= 0.3 is 0 Å². The van der Waals surface area contributed by atoms with Gasteiger partial charge in [0.25, 0.3) is 5.91 Å². The van der Waals surface area contributed by atoms with Gasteiger partial charge in [0.15, 0.2) is 0 Å². The molecule has 0 aliphatic heterocycles. The predicted octanol–water partition coefficient (Wildman–Crippen LogP) is 1.41. The van der Waals surface area contributed by atoms with Gasteiger partial charge in [-0.15, -0.1) is 12.4 Å². The van der Waals surface area contributed by atoms with E-state index in [0.29, 0.717) is 17.8 Å². The molecule has 1 aromatic carbocycles. The number of hydrogen-bond donors (Lipinski definition) is 3. The Morgan fingerprint density at radius 2 is 1.74 bits per heavy atom. The molecule has 0 aliphatic rings. The number of rotatable bonds is 6. The first-order chi connectivity index (χ1) is 8.63. The first-order valence-electron chi connectivity index (χ1n) is 5.94. The second-order valence-electron chi connectivity index (χ2n) is 3.97. The van der Waals surface area contributed by atoms with E-state index in [2.05, 4.69) is 16.0 Å². The van der Waals surface area contributed by atoms with E-state index in [4.69, 9.17) is 0 Å². The van der Waals surface area contributed by atoms with Gasteiger partial charge in [0.05, 0.1) is 0 Å². The van der Waals surface area contributed by atoms with E-state index in [0.717, 1.165) is 13.0 Å². The minimum atomic E-state index is -0.126. The summed E-state index contributed by atoms with van der Waals surface area (Å²) in [4.78, 5) is 22.6. The molecule has 0 spiro atoms. The van der Waals surface area contributed by atoms with E-state index in [1.165, 1.54) is 6.92 Å². The van der Waals surface area contributed by atoms with Crippen LogP contribution in [-0.4, -0.2) is 32.0 Å². The van der Waals surface area contributed by atoms with Crippen molar-refractivity contribution < 1.29 is 9.59 Å². The molecular weight excluding hydrogens is 266 g/mol. The largest absolute Gasteiger partial charge is 0.352 e. The third kappa shape index (κ3) is 6.79. The number of benzene rings is 1. The van der Waals surface area contributed by atoms with E-state index in [1.54, 1.807) is 24.3 Å². The molecule has 19 heavy (non-hydrogen) atoms. The highest BCUT2D eigenvalue weighted by molar-refractivity contribution is 5.95. The summed E-state index contributed by atoms with van der Waals surface area (Å²) in [5, 5.41) is 8.49. The Morgan fingerprint density at radius 1 is 1.11 bits per heavy atom. The van der Waals surface area contributed by atoms with Crippen LogP contribution in [0.2, 0.25) is 0 Å².